The molecule has 0 amide bonds. The van der Waals surface area contributed by atoms with Crippen LogP contribution in [0.1, 0.15) is 0 Å². The second-order valence-corrected chi connectivity index (χ2v) is 2.91. The van der Waals surface area contributed by atoms with Gasteiger partial charge in [-0.1, -0.05) is 10.3 Å². The van der Waals surface area contributed by atoms with Crippen molar-refractivity contribution < 1.29 is 42.8 Å². The van der Waals surface area contributed by atoms with Crippen LogP contribution in [0.4, 0.5) is 0 Å². The zero-order valence-corrected chi connectivity index (χ0v) is 7.32. The predicted molar refractivity (Wildman–Crippen MR) is 28.2 cm³/mol. The Kier molecular flexibility index (Phi) is 9.20. The summed E-state index contributed by atoms with van der Waals surface area (Å²) in [6, 6.07) is 0. The molecule has 0 rings (SSSR count). The number of hydrogen-bond donors (Lipinski definition) is 3. The molecule has 0 aliphatic heterocycles. The van der Waals surface area contributed by atoms with E-state index in [1.807, 2.05) is 0 Å². The minimum atomic E-state index is -4.67. The smallest absolute Gasteiger partial charge is 0.775 e. The van der Waals surface area contributed by atoms with E-state index in [0.717, 1.165) is 0 Å². The van der Waals surface area contributed by atoms with Gasteiger partial charge in [-0.2, -0.15) is 8.42 Å². The SMILES string of the molecule is N=S(=O)([O-])[O-].NS(=O)(=O)O.[Ni+2]. The molecule has 0 aliphatic carbocycles. The van der Waals surface area contributed by atoms with Gasteiger partial charge in [0, 0.05) is 0 Å². The van der Waals surface area contributed by atoms with Crippen LogP contribution in [-0.2, 0) is 37.1 Å². The van der Waals surface area contributed by atoms with E-state index in [1.165, 1.54) is 0 Å². The fourth-order valence-electron chi connectivity index (χ4n) is 0. The summed E-state index contributed by atoms with van der Waals surface area (Å²) in [5.74, 6) is 0. The third kappa shape index (κ3) is 12700. The number of hydrogen-bond acceptors (Lipinski definition) is 6. The Morgan fingerprint density at radius 3 is 1.27 bits per heavy atom. The standard InChI is InChI=1S/2H3NO3S.Ni/c2*1-5(2,3)4;/h2*(H3,1,2,3,4);/q;;+2/p-2. The molecular formula is H4N2NiO6S2. The van der Waals surface area contributed by atoms with Crippen LogP contribution in [0.15, 0.2) is 0 Å². The Morgan fingerprint density at radius 1 is 1.27 bits per heavy atom. The summed E-state index contributed by atoms with van der Waals surface area (Å²) in [4.78, 5) is 0. The molecule has 8 nitrogen and oxygen atoms in total. The second kappa shape index (κ2) is 5.83. The van der Waals surface area contributed by atoms with Gasteiger partial charge in [-0.05, 0) is 0 Å². The Balaban J connectivity index is -0.000000107. The van der Waals surface area contributed by atoms with Crippen molar-refractivity contribution in [2.75, 3.05) is 0 Å². The van der Waals surface area contributed by atoms with Crippen LogP contribution in [0.2, 0.25) is 0 Å². The van der Waals surface area contributed by atoms with Crippen molar-refractivity contribution in [3.63, 3.8) is 0 Å². The second-order valence-electron chi connectivity index (χ2n) is 0.969. The average molecular weight is 251 g/mol. The Bertz CT molecular complexity index is 215. The quantitative estimate of drug-likeness (QED) is 0.333. The zero-order valence-electron chi connectivity index (χ0n) is 4.70. The van der Waals surface area contributed by atoms with E-state index >= 15 is 0 Å². The van der Waals surface area contributed by atoms with Crippen molar-refractivity contribution in [1.82, 2.24) is 0 Å². The van der Waals surface area contributed by atoms with Gasteiger partial charge < -0.3 is 9.11 Å². The van der Waals surface area contributed by atoms with Crippen LogP contribution in [0.5, 0.6) is 0 Å². The van der Waals surface area contributed by atoms with E-state index in [0.29, 0.717) is 0 Å². The number of nitrogens with two attached hydrogens (primary N) is 1. The van der Waals surface area contributed by atoms with E-state index in [4.69, 9.17) is 31.1 Å². The van der Waals surface area contributed by atoms with Gasteiger partial charge in [0.05, 0.1) is 0 Å². The maximum atomic E-state index is 8.97. The van der Waals surface area contributed by atoms with Gasteiger partial charge in [0.25, 0.3) is 0 Å². The van der Waals surface area contributed by atoms with Crippen LogP contribution in [0.3, 0.4) is 0 Å². The molecule has 4 N–H and O–H groups in total. The minimum Gasteiger partial charge on any atom is -0.775 e. The topological polar surface area (TPSA) is 167 Å². The zero-order chi connectivity index (χ0) is 9.00. The molecule has 0 aromatic rings. The van der Waals surface area contributed by atoms with Crippen LogP contribution in [0, 0.1) is 4.78 Å². The molecule has 0 heterocycles. The van der Waals surface area contributed by atoms with Crippen LogP contribution < -0.4 is 5.14 Å². The average Bonchev–Trinajstić information content (AvgIpc) is 1.12. The molecule has 0 aliphatic rings. The van der Waals surface area contributed by atoms with Gasteiger partial charge in [-0.15, -0.1) is 0 Å². The van der Waals surface area contributed by atoms with E-state index in [9.17, 15) is 0 Å². The Morgan fingerprint density at radius 2 is 1.27 bits per heavy atom. The Hall–Kier alpha value is 0.234. The number of rotatable bonds is 0. The summed E-state index contributed by atoms with van der Waals surface area (Å²) in [6.07, 6.45) is 0. The summed E-state index contributed by atoms with van der Waals surface area (Å²) >= 11 is 0. The van der Waals surface area contributed by atoms with Gasteiger partial charge >= 0.3 is 26.8 Å². The third-order valence-electron chi connectivity index (χ3n) is 0. The molecule has 0 saturated heterocycles. The molecule has 0 unspecified atom stereocenters. The third-order valence-corrected chi connectivity index (χ3v) is 0. The first-order valence-corrected chi connectivity index (χ1v) is 4.37. The van der Waals surface area contributed by atoms with E-state index in [-0.39, 0.29) is 16.5 Å². The van der Waals surface area contributed by atoms with Gasteiger partial charge in [-0.3, -0.25) is 13.5 Å². The maximum Gasteiger partial charge on any atom is 2.00 e. The van der Waals surface area contributed by atoms with Crippen molar-refractivity contribution in [3.8, 4) is 0 Å². The normalized spacial score (nSPS) is 10.5. The van der Waals surface area contributed by atoms with Crippen molar-refractivity contribution in [2.45, 2.75) is 0 Å². The first-order chi connectivity index (χ1) is 4.00. The van der Waals surface area contributed by atoms with Crippen molar-refractivity contribution in [2.24, 2.45) is 5.14 Å². The van der Waals surface area contributed by atoms with Gasteiger partial charge in [0.15, 0.2) is 0 Å². The number of nitrogens with one attached hydrogen (secondary N) is 1. The van der Waals surface area contributed by atoms with E-state index in [2.05, 4.69) is 5.14 Å². The van der Waals surface area contributed by atoms with Crippen molar-refractivity contribution >= 4 is 20.6 Å². The van der Waals surface area contributed by atoms with Crippen LogP contribution in [0.25, 0.3) is 0 Å². The maximum absolute atomic E-state index is 8.97. The molecule has 0 spiro atoms. The molecule has 0 aromatic heterocycles. The summed E-state index contributed by atoms with van der Waals surface area (Å²) in [5.41, 5.74) is 0. The minimum absolute atomic E-state index is 0. The van der Waals surface area contributed by atoms with E-state index < -0.39 is 20.6 Å². The molecule has 0 saturated carbocycles. The molecule has 11 heteroatoms. The molecular weight excluding hydrogens is 247 g/mol. The first-order valence-electron chi connectivity index (χ1n) is 1.46. The molecule has 11 heavy (non-hydrogen) atoms. The predicted octanol–water partition coefficient (Wildman–Crippen LogP) is -1.96. The fourth-order valence-corrected chi connectivity index (χ4v) is 0. The van der Waals surface area contributed by atoms with Gasteiger partial charge in [0.1, 0.15) is 0 Å². The van der Waals surface area contributed by atoms with E-state index in [1.54, 1.807) is 0 Å². The molecule has 72 valence electrons. The summed E-state index contributed by atoms with van der Waals surface area (Å²) in [7, 11) is -8.83. The van der Waals surface area contributed by atoms with Crippen LogP contribution >= 0.6 is 0 Å². The van der Waals surface area contributed by atoms with Gasteiger partial charge in [0.2, 0.25) is 0 Å². The van der Waals surface area contributed by atoms with Crippen LogP contribution in [-0.4, -0.2) is 26.3 Å². The van der Waals surface area contributed by atoms with Crippen molar-refractivity contribution in [3.05, 3.63) is 0 Å². The summed E-state index contributed by atoms with van der Waals surface area (Å²) in [6.45, 7) is 0. The molecule has 0 atom stereocenters. The van der Waals surface area contributed by atoms with Crippen molar-refractivity contribution in [1.29, 1.82) is 4.78 Å². The monoisotopic (exact) mass is 250 g/mol. The summed E-state index contributed by atoms with van der Waals surface area (Å²) in [5, 5.41) is 3.88. The first kappa shape index (κ1) is 17.4. The molecule has 0 fully saturated rings. The van der Waals surface area contributed by atoms with Gasteiger partial charge in [-0.25, -0.2) is 5.14 Å². The largest absolute Gasteiger partial charge is 2.00 e. The summed E-state index contributed by atoms with van der Waals surface area (Å²) < 4.78 is 56.8. The fraction of sp³-hybridized carbons (Fsp3) is 0. The molecule has 0 bridgehead atoms. The molecule has 0 aromatic carbocycles. The Labute approximate surface area is 73.6 Å². The molecule has 0 radical (unpaired) electrons.